The van der Waals surface area contributed by atoms with Gasteiger partial charge in [-0.15, -0.1) is 11.3 Å². The Bertz CT molecular complexity index is 1050. The van der Waals surface area contributed by atoms with E-state index in [9.17, 15) is 4.79 Å². The Morgan fingerprint density at radius 2 is 1.97 bits per heavy atom. The van der Waals surface area contributed by atoms with Crippen molar-refractivity contribution >= 4 is 21.6 Å². The van der Waals surface area contributed by atoms with Crippen LogP contribution in [-0.2, 0) is 12.8 Å². The van der Waals surface area contributed by atoms with Crippen LogP contribution in [0.2, 0.25) is 0 Å². The first-order valence-electron chi connectivity index (χ1n) is 10.6. The van der Waals surface area contributed by atoms with Gasteiger partial charge in [-0.3, -0.25) is 4.79 Å². The monoisotopic (exact) mass is 412 g/mol. The summed E-state index contributed by atoms with van der Waals surface area (Å²) in [6.07, 6.45) is 8.98. The van der Waals surface area contributed by atoms with E-state index in [0.29, 0.717) is 23.9 Å². The largest absolute Gasteiger partial charge is 0.493 e. The van der Waals surface area contributed by atoms with Crippen LogP contribution in [0.5, 0.6) is 11.5 Å². The molecule has 3 aromatic rings. The summed E-state index contributed by atoms with van der Waals surface area (Å²) in [4.78, 5) is 23.0. The van der Waals surface area contributed by atoms with E-state index in [1.54, 1.807) is 18.4 Å². The maximum atomic E-state index is 13.0. The molecule has 0 bridgehead atoms. The summed E-state index contributed by atoms with van der Waals surface area (Å²) < 4.78 is 11.3. The van der Waals surface area contributed by atoms with Crippen molar-refractivity contribution in [1.82, 2.24) is 9.97 Å². The first kappa shape index (κ1) is 20.0. The summed E-state index contributed by atoms with van der Waals surface area (Å²) in [5, 5.41) is 0.794. The number of aromatic nitrogens is 2. The third kappa shape index (κ3) is 4.17. The number of methoxy groups -OCH3 is 1. The molecule has 0 amide bonds. The Hall–Kier alpha value is -2.34. The molecule has 0 spiro atoms. The quantitative estimate of drug-likeness (QED) is 0.543. The lowest BCUT2D eigenvalue weighted by Crippen LogP contribution is -2.10. The fourth-order valence-electron chi connectivity index (χ4n) is 3.91. The number of benzene rings is 1. The number of aromatic amines is 1. The van der Waals surface area contributed by atoms with Crippen LogP contribution < -0.4 is 15.0 Å². The van der Waals surface area contributed by atoms with Crippen LogP contribution in [0, 0.1) is 0 Å². The van der Waals surface area contributed by atoms with Gasteiger partial charge in [-0.25, -0.2) is 4.98 Å². The van der Waals surface area contributed by atoms with Crippen molar-refractivity contribution in [2.75, 3.05) is 13.7 Å². The number of hydrogen-bond donors (Lipinski definition) is 1. The second-order valence-corrected chi connectivity index (χ2v) is 8.66. The summed E-state index contributed by atoms with van der Waals surface area (Å²) in [5.74, 6) is 1.95. The van der Waals surface area contributed by atoms with Crippen LogP contribution in [0.25, 0.3) is 21.6 Å². The Balaban J connectivity index is 1.71. The molecule has 2 heterocycles. The lowest BCUT2D eigenvalue weighted by Gasteiger charge is -2.12. The number of hydrogen-bond acceptors (Lipinski definition) is 5. The molecule has 2 aromatic heterocycles. The molecule has 0 radical (unpaired) electrons. The molecule has 154 valence electrons. The number of fused-ring (bicyclic) bond motifs is 3. The molecule has 5 nitrogen and oxygen atoms in total. The van der Waals surface area contributed by atoms with Crippen LogP contribution in [0.4, 0.5) is 0 Å². The van der Waals surface area contributed by atoms with E-state index in [-0.39, 0.29) is 5.56 Å². The highest BCUT2D eigenvalue weighted by atomic mass is 32.1. The molecule has 1 N–H and O–H groups in total. The van der Waals surface area contributed by atoms with Crippen LogP contribution in [0.3, 0.4) is 0 Å². The number of aryl methyl sites for hydroxylation is 2. The van der Waals surface area contributed by atoms with Crippen molar-refractivity contribution in [3.05, 3.63) is 39.0 Å². The zero-order valence-electron chi connectivity index (χ0n) is 17.2. The summed E-state index contributed by atoms with van der Waals surface area (Å²) in [6, 6.07) is 5.70. The molecule has 1 aliphatic carbocycles. The predicted octanol–water partition coefficient (Wildman–Crippen LogP) is 5.50. The van der Waals surface area contributed by atoms with Crippen molar-refractivity contribution in [1.29, 1.82) is 0 Å². The van der Waals surface area contributed by atoms with E-state index in [4.69, 9.17) is 14.5 Å². The van der Waals surface area contributed by atoms with E-state index in [1.807, 2.05) is 18.2 Å². The predicted molar refractivity (Wildman–Crippen MR) is 119 cm³/mol. The van der Waals surface area contributed by atoms with Crippen molar-refractivity contribution in [3.63, 3.8) is 0 Å². The minimum Gasteiger partial charge on any atom is -0.493 e. The van der Waals surface area contributed by atoms with Crippen LogP contribution in [0.1, 0.15) is 55.9 Å². The molecule has 6 heteroatoms. The van der Waals surface area contributed by atoms with Gasteiger partial charge in [-0.05, 0) is 55.9 Å². The Kier molecular flexibility index (Phi) is 6.19. The normalized spacial score (nSPS) is 14.3. The lowest BCUT2D eigenvalue weighted by molar-refractivity contribution is 0.288. The van der Waals surface area contributed by atoms with Gasteiger partial charge >= 0.3 is 0 Å². The van der Waals surface area contributed by atoms with Crippen LogP contribution in [0.15, 0.2) is 23.0 Å². The van der Waals surface area contributed by atoms with Gasteiger partial charge in [0, 0.05) is 10.4 Å². The molecule has 0 fully saturated rings. The summed E-state index contributed by atoms with van der Waals surface area (Å²) in [5.41, 5.74) is 2.01. The topological polar surface area (TPSA) is 64.2 Å². The summed E-state index contributed by atoms with van der Waals surface area (Å²) >= 11 is 1.68. The highest BCUT2D eigenvalue weighted by Crippen LogP contribution is 2.35. The second-order valence-electron chi connectivity index (χ2n) is 7.58. The minimum absolute atomic E-state index is 0.0367. The second kappa shape index (κ2) is 8.99. The van der Waals surface area contributed by atoms with Gasteiger partial charge in [-0.2, -0.15) is 0 Å². The number of ether oxygens (including phenoxy) is 2. The molecule has 4 rings (SSSR count). The minimum atomic E-state index is -0.0367. The lowest BCUT2D eigenvalue weighted by atomic mass is 9.98. The average molecular weight is 413 g/mol. The van der Waals surface area contributed by atoms with E-state index >= 15 is 0 Å². The Labute approximate surface area is 175 Å². The number of H-pyrrole nitrogens is 1. The molecule has 0 saturated heterocycles. The average Bonchev–Trinajstić information content (AvgIpc) is 3.05. The van der Waals surface area contributed by atoms with Crippen molar-refractivity contribution in [2.45, 2.75) is 58.3 Å². The van der Waals surface area contributed by atoms with Gasteiger partial charge in [-0.1, -0.05) is 26.2 Å². The van der Waals surface area contributed by atoms with Crippen LogP contribution in [-0.4, -0.2) is 23.7 Å². The first-order valence-corrected chi connectivity index (χ1v) is 11.4. The number of unbranched alkanes of at least 4 members (excludes halogenated alkanes) is 1. The molecule has 1 aromatic carbocycles. The zero-order chi connectivity index (χ0) is 20.2. The van der Waals surface area contributed by atoms with Gasteiger partial charge in [0.2, 0.25) is 0 Å². The summed E-state index contributed by atoms with van der Waals surface area (Å²) in [6.45, 7) is 2.79. The molecule has 0 saturated carbocycles. The number of nitrogens with one attached hydrogen (secondary N) is 1. The van der Waals surface area contributed by atoms with Crippen molar-refractivity contribution in [3.8, 4) is 22.9 Å². The van der Waals surface area contributed by atoms with E-state index < -0.39 is 0 Å². The zero-order valence-corrected chi connectivity index (χ0v) is 18.0. The third-order valence-electron chi connectivity index (χ3n) is 5.52. The SMILES string of the molecule is CCCCOc1ccc(-c2nc3sc4c(c3c(=O)[nH]2)CCCCCC4)cc1OC. The van der Waals surface area contributed by atoms with Gasteiger partial charge in [0.05, 0.1) is 19.1 Å². The fourth-order valence-corrected chi connectivity index (χ4v) is 5.18. The molecule has 0 atom stereocenters. The van der Waals surface area contributed by atoms with Gasteiger partial charge in [0.15, 0.2) is 11.5 Å². The first-order chi connectivity index (χ1) is 14.2. The third-order valence-corrected chi connectivity index (χ3v) is 6.70. The van der Waals surface area contributed by atoms with E-state index in [1.165, 1.54) is 29.7 Å². The fraction of sp³-hybridized carbons (Fsp3) is 0.478. The molecular weight excluding hydrogens is 384 g/mol. The van der Waals surface area contributed by atoms with Crippen molar-refractivity contribution < 1.29 is 9.47 Å². The molecule has 1 aliphatic rings. The van der Waals surface area contributed by atoms with E-state index in [0.717, 1.165) is 47.9 Å². The maximum Gasteiger partial charge on any atom is 0.260 e. The van der Waals surface area contributed by atoms with Gasteiger partial charge < -0.3 is 14.5 Å². The maximum absolute atomic E-state index is 13.0. The van der Waals surface area contributed by atoms with Crippen molar-refractivity contribution in [2.24, 2.45) is 0 Å². The summed E-state index contributed by atoms with van der Waals surface area (Å²) in [7, 11) is 1.63. The van der Waals surface area contributed by atoms with Crippen LogP contribution >= 0.6 is 11.3 Å². The Morgan fingerprint density at radius 1 is 1.14 bits per heavy atom. The standard InChI is InChI=1S/C23H28N2O3S/c1-3-4-13-28-17-12-11-15(14-18(17)27-2)21-24-22(26)20-16-9-7-5-6-8-10-19(16)29-23(20)25-21/h11-12,14H,3-10,13H2,1-2H3,(H,24,25,26). The van der Waals surface area contributed by atoms with Gasteiger partial charge in [0.1, 0.15) is 10.7 Å². The molecule has 0 aliphatic heterocycles. The van der Waals surface area contributed by atoms with Gasteiger partial charge in [0.25, 0.3) is 5.56 Å². The number of thiophene rings is 1. The molecule has 29 heavy (non-hydrogen) atoms. The smallest absolute Gasteiger partial charge is 0.260 e. The highest BCUT2D eigenvalue weighted by Gasteiger charge is 2.19. The number of nitrogens with zero attached hydrogens (tertiary/aromatic N) is 1. The Morgan fingerprint density at radius 3 is 2.76 bits per heavy atom. The molecular formula is C23H28N2O3S. The highest BCUT2D eigenvalue weighted by molar-refractivity contribution is 7.18. The molecule has 0 unspecified atom stereocenters. The number of rotatable bonds is 6. The van der Waals surface area contributed by atoms with E-state index in [2.05, 4.69) is 11.9 Å².